The summed E-state index contributed by atoms with van der Waals surface area (Å²) in [5, 5.41) is 13.9. The number of aliphatic hydroxyl groups excluding tert-OH is 1. The van der Waals surface area contributed by atoms with Gasteiger partial charge in [0.15, 0.2) is 0 Å². The molecule has 0 aliphatic rings. The highest BCUT2D eigenvalue weighted by molar-refractivity contribution is 7.47. The number of amides is 1. The Hall–Kier alpha value is -2.06. The van der Waals surface area contributed by atoms with E-state index in [9.17, 15) is 19.4 Å². The lowest BCUT2D eigenvalue weighted by atomic mass is 10.0. The number of allylic oxidation sites excluding steroid dienone is 11. The van der Waals surface area contributed by atoms with Crippen LogP contribution in [0.2, 0.25) is 0 Å². The minimum absolute atomic E-state index is 0.0539. The van der Waals surface area contributed by atoms with E-state index in [1.165, 1.54) is 83.5 Å². The molecular formula is C51H94N2O6P+. The summed E-state index contributed by atoms with van der Waals surface area (Å²) >= 11 is 0. The van der Waals surface area contributed by atoms with Crippen molar-refractivity contribution in [2.75, 3.05) is 40.9 Å². The van der Waals surface area contributed by atoms with Crippen LogP contribution in [0.1, 0.15) is 194 Å². The van der Waals surface area contributed by atoms with E-state index in [2.05, 4.69) is 79.9 Å². The first-order chi connectivity index (χ1) is 29.0. The van der Waals surface area contributed by atoms with E-state index in [0.717, 1.165) is 89.9 Å². The van der Waals surface area contributed by atoms with E-state index in [4.69, 9.17) is 9.05 Å². The van der Waals surface area contributed by atoms with Gasteiger partial charge < -0.3 is 19.8 Å². The van der Waals surface area contributed by atoms with Gasteiger partial charge in [0, 0.05) is 6.42 Å². The minimum Gasteiger partial charge on any atom is -0.387 e. The number of carbonyl (C=O) groups is 1. The summed E-state index contributed by atoms with van der Waals surface area (Å²) in [4.78, 5) is 23.2. The number of nitrogens with one attached hydrogen (secondary N) is 1. The van der Waals surface area contributed by atoms with Crippen molar-refractivity contribution in [2.45, 2.75) is 206 Å². The third-order valence-corrected chi connectivity index (χ3v) is 11.4. The average molecular weight is 862 g/mol. The second kappa shape index (κ2) is 42.3. The van der Waals surface area contributed by atoms with Gasteiger partial charge in [-0.3, -0.25) is 13.8 Å². The third-order valence-electron chi connectivity index (χ3n) is 10.4. The van der Waals surface area contributed by atoms with Crippen LogP contribution in [0.5, 0.6) is 0 Å². The Labute approximate surface area is 370 Å². The van der Waals surface area contributed by atoms with Crippen LogP contribution in [0.15, 0.2) is 72.9 Å². The molecule has 0 aliphatic heterocycles. The molecule has 3 N–H and O–H groups in total. The molecule has 8 nitrogen and oxygen atoms in total. The molecule has 0 radical (unpaired) electrons. The summed E-state index contributed by atoms with van der Waals surface area (Å²) in [5.41, 5.74) is 0. The maximum absolute atomic E-state index is 12.9. The van der Waals surface area contributed by atoms with Gasteiger partial charge in [-0.2, -0.15) is 0 Å². The third kappa shape index (κ3) is 44.0. The van der Waals surface area contributed by atoms with Crippen molar-refractivity contribution in [1.82, 2.24) is 5.32 Å². The maximum atomic E-state index is 12.9. The molecule has 0 aromatic heterocycles. The molecular weight excluding hydrogens is 768 g/mol. The van der Waals surface area contributed by atoms with Crippen LogP contribution in [0, 0.1) is 0 Å². The highest BCUT2D eigenvalue weighted by Crippen LogP contribution is 2.43. The predicted molar refractivity (Wildman–Crippen MR) is 258 cm³/mol. The number of rotatable bonds is 43. The Balaban J connectivity index is 4.42. The quantitative estimate of drug-likeness (QED) is 0.0244. The average Bonchev–Trinajstić information content (AvgIpc) is 3.20. The van der Waals surface area contributed by atoms with Crippen molar-refractivity contribution in [1.29, 1.82) is 0 Å². The summed E-state index contributed by atoms with van der Waals surface area (Å²) in [5.74, 6) is -0.198. The minimum atomic E-state index is -4.35. The van der Waals surface area contributed by atoms with Gasteiger partial charge in [-0.05, 0) is 64.2 Å². The molecule has 9 heteroatoms. The molecule has 0 aromatic rings. The second-order valence-electron chi connectivity index (χ2n) is 17.5. The standard InChI is InChI=1S/C51H93N2O6P/c1-6-8-10-12-14-16-18-20-22-24-25-26-27-29-31-33-35-37-39-41-43-45-51(55)52-49(48-59-60(56,57)58-47-46-53(3,4)5)50(54)44-42-40-38-36-34-32-30-28-23-21-19-17-15-13-11-9-7-2/h8,10,14,16,20,22,25-26,29,31,42,44,49-50,54H,6-7,9,11-13,15,17-19,21,23-24,27-28,30,32-41,43,45-48H2,1-5H3,(H-,52,55,56,57)/p+1/b10-8-,16-14-,22-20-,26-25-,31-29-,44-42+. The number of phosphoric ester groups is 1. The van der Waals surface area contributed by atoms with Crippen LogP contribution >= 0.6 is 7.82 Å². The van der Waals surface area contributed by atoms with Crippen LogP contribution in [-0.2, 0) is 18.4 Å². The molecule has 0 saturated heterocycles. The molecule has 0 aromatic carbocycles. The van der Waals surface area contributed by atoms with Crippen LogP contribution in [0.3, 0.4) is 0 Å². The van der Waals surface area contributed by atoms with E-state index in [1.807, 2.05) is 27.2 Å². The Morgan fingerprint density at radius 1 is 0.583 bits per heavy atom. The summed E-state index contributed by atoms with van der Waals surface area (Å²) < 4.78 is 23.6. The van der Waals surface area contributed by atoms with Crippen molar-refractivity contribution >= 4 is 13.7 Å². The van der Waals surface area contributed by atoms with Crippen molar-refractivity contribution in [3.63, 3.8) is 0 Å². The lowest BCUT2D eigenvalue weighted by Gasteiger charge is -2.25. The monoisotopic (exact) mass is 862 g/mol. The van der Waals surface area contributed by atoms with Gasteiger partial charge in [-0.25, -0.2) is 4.57 Å². The number of phosphoric acid groups is 1. The summed E-state index contributed by atoms with van der Waals surface area (Å²) in [6.45, 7) is 4.68. The number of hydrogen-bond acceptors (Lipinski definition) is 5. The molecule has 3 unspecified atom stereocenters. The van der Waals surface area contributed by atoms with Crippen molar-refractivity contribution in [3.05, 3.63) is 72.9 Å². The van der Waals surface area contributed by atoms with E-state index in [-0.39, 0.29) is 19.1 Å². The van der Waals surface area contributed by atoms with Gasteiger partial charge in [0.05, 0.1) is 39.9 Å². The molecule has 0 aliphatic carbocycles. The first-order valence-corrected chi connectivity index (χ1v) is 25.8. The Morgan fingerprint density at radius 2 is 1.00 bits per heavy atom. The smallest absolute Gasteiger partial charge is 0.387 e. The van der Waals surface area contributed by atoms with Crippen LogP contribution in [0.4, 0.5) is 0 Å². The lowest BCUT2D eigenvalue weighted by Crippen LogP contribution is -2.45. The number of unbranched alkanes of at least 4 members (excludes halogenated alkanes) is 20. The summed E-state index contributed by atoms with van der Waals surface area (Å²) in [6, 6.07) is -0.860. The van der Waals surface area contributed by atoms with Gasteiger partial charge in [-0.1, -0.05) is 196 Å². The van der Waals surface area contributed by atoms with Crippen LogP contribution in [-0.4, -0.2) is 73.4 Å². The number of carbonyl (C=O) groups excluding carboxylic acids is 1. The molecule has 1 amide bonds. The molecule has 0 rings (SSSR count). The number of aliphatic hydroxyl groups is 1. The van der Waals surface area contributed by atoms with Crippen LogP contribution in [0.25, 0.3) is 0 Å². The topological polar surface area (TPSA) is 105 Å². The summed E-state index contributed by atoms with van der Waals surface area (Å²) in [7, 11) is 1.55. The largest absolute Gasteiger partial charge is 0.472 e. The molecule has 0 heterocycles. The fraction of sp³-hybridized carbons (Fsp3) is 0.745. The molecule has 3 atom stereocenters. The van der Waals surface area contributed by atoms with Crippen molar-refractivity contribution in [2.24, 2.45) is 0 Å². The number of quaternary nitrogens is 1. The number of nitrogens with zero attached hydrogens (tertiary/aromatic N) is 1. The second-order valence-corrected chi connectivity index (χ2v) is 18.9. The van der Waals surface area contributed by atoms with Gasteiger partial charge in [0.2, 0.25) is 5.91 Å². The Kier molecular flexibility index (Phi) is 40.8. The first kappa shape index (κ1) is 57.9. The zero-order chi connectivity index (χ0) is 44.3. The van der Waals surface area contributed by atoms with Crippen molar-refractivity contribution < 1.29 is 32.9 Å². The normalized spacial score (nSPS) is 14.8. The Bertz CT molecular complexity index is 1200. The first-order valence-electron chi connectivity index (χ1n) is 24.3. The van der Waals surface area contributed by atoms with Gasteiger partial charge >= 0.3 is 7.82 Å². The zero-order valence-electron chi connectivity index (χ0n) is 39.4. The van der Waals surface area contributed by atoms with Gasteiger partial charge in [0.1, 0.15) is 13.2 Å². The Morgan fingerprint density at radius 3 is 1.47 bits per heavy atom. The molecule has 0 fully saturated rings. The van der Waals surface area contributed by atoms with Gasteiger partial charge in [-0.15, -0.1) is 0 Å². The van der Waals surface area contributed by atoms with Crippen molar-refractivity contribution in [3.8, 4) is 0 Å². The number of hydrogen-bond donors (Lipinski definition) is 3. The van der Waals surface area contributed by atoms with E-state index in [1.54, 1.807) is 6.08 Å². The van der Waals surface area contributed by atoms with Gasteiger partial charge in [0.25, 0.3) is 0 Å². The fourth-order valence-corrected chi connectivity index (χ4v) is 7.33. The van der Waals surface area contributed by atoms with E-state index >= 15 is 0 Å². The molecule has 60 heavy (non-hydrogen) atoms. The zero-order valence-corrected chi connectivity index (χ0v) is 40.3. The highest BCUT2D eigenvalue weighted by atomic mass is 31.2. The highest BCUT2D eigenvalue weighted by Gasteiger charge is 2.27. The number of likely N-dealkylation sites (N-methyl/N-ethyl adjacent to an activating group) is 1. The molecule has 0 saturated carbocycles. The molecule has 0 spiro atoms. The fourth-order valence-electron chi connectivity index (χ4n) is 6.60. The SMILES string of the molecule is CC/C=C\C/C=C\C/C=C\C/C=C\C/C=C\CCCCCCCC(=O)NC(COP(=O)(O)OCC[N+](C)(C)C)C(O)/C=C/CCCCCCCCCCCCCCCCC. The van der Waals surface area contributed by atoms with Crippen LogP contribution < -0.4 is 5.32 Å². The predicted octanol–water partition coefficient (Wildman–Crippen LogP) is 14.0. The molecule has 0 bridgehead atoms. The van der Waals surface area contributed by atoms with E-state index in [0.29, 0.717) is 17.4 Å². The van der Waals surface area contributed by atoms with E-state index < -0.39 is 20.0 Å². The summed E-state index contributed by atoms with van der Waals surface area (Å²) in [6.07, 6.45) is 56.8. The maximum Gasteiger partial charge on any atom is 0.472 e. The molecule has 348 valence electrons. The lowest BCUT2D eigenvalue weighted by molar-refractivity contribution is -0.870.